The molecule has 0 saturated heterocycles. The number of benzene rings is 1. The lowest BCUT2D eigenvalue weighted by Crippen LogP contribution is -2.26. The Morgan fingerprint density at radius 2 is 1.82 bits per heavy atom. The quantitative estimate of drug-likeness (QED) is 0.881. The second kappa shape index (κ2) is 6.27. The minimum atomic E-state index is -0.344. The topological polar surface area (TPSA) is 71.1 Å². The first-order valence-corrected chi connectivity index (χ1v) is 7.75. The van der Waals surface area contributed by atoms with Crippen LogP contribution in [0, 0.1) is 0 Å². The van der Waals surface area contributed by atoms with Crippen molar-refractivity contribution in [3.8, 4) is 0 Å². The van der Waals surface area contributed by atoms with Crippen LogP contribution in [-0.4, -0.2) is 22.8 Å². The first-order chi connectivity index (χ1) is 10.6. The Labute approximate surface area is 136 Å². The minimum absolute atomic E-state index is 0.164. The number of rotatable bonds is 4. The molecule has 0 atom stereocenters. The Balaban J connectivity index is 1.71. The van der Waals surface area contributed by atoms with E-state index in [9.17, 15) is 9.59 Å². The van der Waals surface area contributed by atoms with Crippen LogP contribution >= 0.6 is 15.9 Å². The highest BCUT2D eigenvalue weighted by Gasteiger charge is 2.24. The van der Waals surface area contributed by atoms with Crippen molar-refractivity contribution in [1.82, 2.24) is 10.3 Å². The molecule has 1 aromatic heterocycles. The van der Waals surface area contributed by atoms with Gasteiger partial charge in [-0.15, -0.1) is 0 Å². The molecule has 1 aliphatic carbocycles. The third-order valence-corrected chi connectivity index (χ3v) is 3.80. The molecule has 0 bridgehead atoms. The van der Waals surface area contributed by atoms with Crippen molar-refractivity contribution in [3.05, 3.63) is 58.3 Å². The number of amides is 2. The summed E-state index contributed by atoms with van der Waals surface area (Å²) in [6.07, 6.45) is 3.51. The molecule has 0 radical (unpaired) electrons. The van der Waals surface area contributed by atoms with Gasteiger partial charge >= 0.3 is 0 Å². The van der Waals surface area contributed by atoms with Crippen molar-refractivity contribution in [3.63, 3.8) is 0 Å². The molecular weight excluding hydrogens is 346 g/mol. The smallest absolute Gasteiger partial charge is 0.274 e. The number of carbonyl (C=O) groups excluding carboxylic acids is 2. The number of carbonyl (C=O) groups is 2. The van der Waals surface area contributed by atoms with Crippen LogP contribution in [0.5, 0.6) is 0 Å². The van der Waals surface area contributed by atoms with Gasteiger partial charge in [0.05, 0.1) is 0 Å². The average molecular weight is 360 g/mol. The van der Waals surface area contributed by atoms with Crippen LogP contribution in [0.25, 0.3) is 0 Å². The average Bonchev–Trinajstić information content (AvgIpc) is 3.33. The summed E-state index contributed by atoms with van der Waals surface area (Å²) >= 11 is 3.34. The van der Waals surface area contributed by atoms with E-state index in [0.717, 1.165) is 17.3 Å². The fourth-order valence-electron chi connectivity index (χ4n) is 1.92. The summed E-state index contributed by atoms with van der Waals surface area (Å²) < 4.78 is 0.933. The van der Waals surface area contributed by atoms with E-state index < -0.39 is 0 Å². The highest BCUT2D eigenvalue weighted by atomic mass is 79.9. The van der Waals surface area contributed by atoms with Crippen LogP contribution in [0.4, 0.5) is 5.69 Å². The molecule has 6 heteroatoms. The fourth-order valence-corrected chi connectivity index (χ4v) is 2.19. The SMILES string of the molecule is O=C(NC1CC1)c1ccnc(C(=O)Nc2ccc(Br)cc2)c1. The molecule has 1 aromatic carbocycles. The molecule has 1 heterocycles. The number of hydrogen-bond donors (Lipinski definition) is 2. The van der Waals surface area contributed by atoms with E-state index in [0.29, 0.717) is 11.3 Å². The molecule has 0 unspecified atom stereocenters. The van der Waals surface area contributed by atoms with E-state index in [1.165, 1.54) is 12.3 Å². The Bertz CT molecular complexity index is 712. The number of nitrogens with zero attached hydrogens (tertiary/aromatic N) is 1. The summed E-state index contributed by atoms with van der Waals surface area (Å²) in [5.74, 6) is -0.508. The first-order valence-electron chi connectivity index (χ1n) is 6.95. The summed E-state index contributed by atoms with van der Waals surface area (Å²) in [5.41, 5.74) is 1.33. The largest absolute Gasteiger partial charge is 0.349 e. The van der Waals surface area contributed by atoms with Crippen LogP contribution in [0.15, 0.2) is 47.1 Å². The minimum Gasteiger partial charge on any atom is -0.349 e. The zero-order valence-electron chi connectivity index (χ0n) is 11.7. The maximum Gasteiger partial charge on any atom is 0.274 e. The van der Waals surface area contributed by atoms with Crippen LogP contribution in [0.3, 0.4) is 0 Å². The molecule has 1 fully saturated rings. The van der Waals surface area contributed by atoms with Gasteiger partial charge in [-0.25, -0.2) is 0 Å². The fraction of sp³-hybridized carbons (Fsp3) is 0.188. The van der Waals surface area contributed by atoms with E-state index >= 15 is 0 Å². The van der Waals surface area contributed by atoms with Gasteiger partial charge in [-0.3, -0.25) is 14.6 Å². The molecular formula is C16H14BrN3O2. The van der Waals surface area contributed by atoms with Crippen molar-refractivity contribution in [2.75, 3.05) is 5.32 Å². The first kappa shape index (κ1) is 14.7. The summed E-state index contributed by atoms with van der Waals surface area (Å²) in [7, 11) is 0. The predicted molar refractivity (Wildman–Crippen MR) is 86.8 cm³/mol. The molecule has 2 N–H and O–H groups in total. The molecule has 0 aliphatic heterocycles. The van der Waals surface area contributed by atoms with Crippen molar-refractivity contribution < 1.29 is 9.59 Å². The Morgan fingerprint density at radius 3 is 2.50 bits per heavy atom. The van der Waals surface area contributed by atoms with Crippen LogP contribution in [-0.2, 0) is 0 Å². The summed E-state index contributed by atoms with van der Waals surface area (Å²) in [6, 6.07) is 10.6. The van der Waals surface area contributed by atoms with Gasteiger partial charge in [0.25, 0.3) is 11.8 Å². The van der Waals surface area contributed by atoms with E-state index in [4.69, 9.17) is 0 Å². The molecule has 1 aliphatic rings. The lowest BCUT2D eigenvalue weighted by molar-refractivity contribution is 0.0951. The molecule has 5 nitrogen and oxygen atoms in total. The number of aromatic nitrogens is 1. The molecule has 22 heavy (non-hydrogen) atoms. The van der Waals surface area contributed by atoms with Gasteiger partial charge in [-0.1, -0.05) is 15.9 Å². The van der Waals surface area contributed by atoms with E-state index in [2.05, 4.69) is 31.5 Å². The van der Waals surface area contributed by atoms with Gasteiger partial charge in [0.1, 0.15) is 5.69 Å². The van der Waals surface area contributed by atoms with Crippen molar-refractivity contribution in [2.24, 2.45) is 0 Å². The lowest BCUT2D eigenvalue weighted by atomic mass is 10.2. The third kappa shape index (κ3) is 3.71. The van der Waals surface area contributed by atoms with Gasteiger partial charge in [0, 0.05) is 28.0 Å². The molecule has 0 spiro atoms. The molecule has 2 aromatic rings. The summed E-state index contributed by atoms with van der Waals surface area (Å²) in [6.45, 7) is 0. The monoisotopic (exact) mass is 359 g/mol. The zero-order valence-corrected chi connectivity index (χ0v) is 13.3. The van der Waals surface area contributed by atoms with E-state index in [1.54, 1.807) is 18.2 Å². The second-order valence-corrected chi connectivity index (χ2v) is 6.05. The Morgan fingerprint density at radius 1 is 1.09 bits per heavy atom. The van der Waals surface area contributed by atoms with Gasteiger partial charge in [0.15, 0.2) is 0 Å². The highest BCUT2D eigenvalue weighted by Crippen LogP contribution is 2.19. The van der Waals surface area contributed by atoms with Crippen molar-refractivity contribution in [1.29, 1.82) is 0 Å². The molecule has 3 rings (SSSR count). The number of hydrogen-bond acceptors (Lipinski definition) is 3. The van der Waals surface area contributed by atoms with Crippen molar-refractivity contribution in [2.45, 2.75) is 18.9 Å². The van der Waals surface area contributed by atoms with Crippen LogP contribution < -0.4 is 10.6 Å². The lowest BCUT2D eigenvalue weighted by Gasteiger charge is -2.07. The zero-order chi connectivity index (χ0) is 15.5. The van der Waals surface area contributed by atoms with Crippen LogP contribution in [0.2, 0.25) is 0 Å². The second-order valence-electron chi connectivity index (χ2n) is 5.14. The van der Waals surface area contributed by atoms with E-state index in [-0.39, 0.29) is 23.6 Å². The van der Waals surface area contributed by atoms with Gasteiger partial charge in [-0.2, -0.15) is 0 Å². The Kier molecular flexibility index (Phi) is 4.20. The van der Waals surface area contributed by atoms with Crippen LogP contribution in [0.1, 0.15) is 33.7 Å². The number of halogens is 1. The van der Waals surface area contributed by atoms with Gasteiger partial charge in [0.2, 0.25) is 0 Å². The highest BCUT2D eigenvalue weighted by molar-refractivity contribution is 9.10. The molecule has 112 valence electrons. The van der Waals surface area contributed by atoms with Gasteiger partial charge < -0.3 is 10.6 Å². The summed E-state index contributed by atoms with van der Waals surface area (Å²) in [5, 5.41) is 5.64. The molecule has 1 saturated carbocycles. The predicted octanol–water partition coefficient (Wildman–Crippen LogP) is 2.99. The van der Waals surface area contributed by atoms with E-state index in [1.807, 2.05) is 12.1 Å². The maximum absolute atomic E-state index is 12.2. The normalized spacial score (nSPS) is 13.5. The third-order valence-electron chi connectivity index (χ3n) is 3.27. The van der Waals surface area contributed by atoms with Crippen molar-refractivity contribution >= 4 is 33.4 Å². The summed E-state index contributed by atoms with van der Waals surface area (Å²) in [4.78, 5) is 28.2. The number of anilines is 1. The number of pyridine rings is 1. The molecule has 2 amide bonds. The standard InChI is InChI=1S/C16H14BrN3O2/c17-11-1-3-12(4-2-11)20-16(22)14-9-10(7-8-18-14)15(21)19-13-5-6-13/h1-4,7-9,13H,5-6H2,(H,19,21)(H,20,22). The number of nitrogens with one attached hydrogen (secondary N) is 2. The Hall–Kier alpha value is -2.21. The van der Waals surface area contributed by atoms with Gasteiger partial charge in [-0.05, 0) is 49.2 Å². The maximum atomic E-state index is 12.2.